The molecule has 2 heterocycles. The van der Waals surface area contributed by atoms with E-state index in [1.54, 1.807) is 60.7 Å². The smallest absolute Gasteiger partial charge is 0.338 e. The first kappa shape index (κ1) is 22.3. The summed E-state index contributed by atoms with van der Waals surface area (Å²) >= 11 is 0. The van der Waals surface area contributed by atoms with E-state index in [1.807, 2.05) is 0 Å². The van der Waals surface area contributed by atoms with Crippen molar-refractivity contribution >= 4 is 17.7 Å². The third-order valence-electron chi connectivity index (χ3n) is 5.05. The number of aromatic nitrogens is 3. The van der Waals surface area contributed by atoms with Gasteiger partial charge in [0.05, 0.1) is 17.7 Å². The average Bonchev–Trinajstić information content (AvgIpc) is 3.46. The standard InChI is InChI=1S/C23H21N3O7/c1-14(28)20-24-13-26(25-20)21-19(33-23(30)16-10-6-3-7-11-16)18(17(12-27)31-21)32-22(29)15-8-4-2-5-9-15/h2-11,13,17-19,21,27H,12H2,1H3/t17-,18-,19-,21-/m1/s1. The van der Waals surface area contributed by atoms with Crippen molar-refractivity contribution in [3.63, 3.8) is 0 Å². The maximum absolute atomic E-state index is 12.8. The van der Waals surface area contributed by atoms with Crippen molar-refractivity contribution in [2.45, 2.75) is 31.5 Å². The Kier molecular flexibility index (Phi) is 6.57. The molecule has 1 aliphatic heterocycles. The summed E-state index contributed by atoms with van der Waals surface area (Å²) in [5.74, 6) is -1.78. The van der Waals surface area contributed by atoms with Crippen molar-refractivity contribution in [2.75, 3.05) is 6.61 Å². The van der Waals surface area contributed by atoms with Crippen LogP contribution in [0.4, 0.5) is 0 Å². The highest BCUT2D eigenvalue weighted by molar-refractivity contribution is 5.91. The largest absolute Gasteiger partial charge is 0.452 e. The molecule has 0 aliphatic carbocycles. The quantitative estimate of drug-likeness (QED) is 0.422. The van der Waals surface area contributed by atoms with Gasteiger partial charge in [0.15, 0.2) is 24.2 Å². The fraction of sp³-hybridized carbons (Fsp3) is 0.261. The molecule has 1 N–H and O–H groups in total. The van der Waals surface area contributed by atoms with Gasteiger partial charge in [0, 0.05) is 6.92 Å². The average molecular weight is 451 g/mol. The number of aliphatic hydroxyl groups excluding tert-OH is 1. The highest BCUT2D eigenvalue weighted by Gasteiger charge is 2.51. The molecule has 1 aromatic heterocycles. The van der Waals surface area contributed by atoms with E-state index < -0.39 is 43.1 Å². The maximum atomic E-state index is 12.8. The van der Waals surface area contributed by atoms with Gasteiger partial charge in [-0.1, -0.05) is 36.4 Å². The first-order chi connectivity index (χ1) is 16.0. The second-order valence-corrected chi connectivity index (χ2v) is 7.32. The van der Waals surface area contributed by atoms with Crippen LogP contribution in [0.2, 0.25) is 0 Å². The summed E-state index contributed by atoms with van der Waals surface area (Å²) in [6.07, 6.45) is -3.18. The zero-order valence-electron chi connectivity index (χ0n) is 17.6. The minimum atomic E-state index is -1.18. The number of nitrogens with zero attached hydrogens (tertiary/aromatic N) is 3. The van der Waals surface area contributed by atoms with E-state index in [0.29, 0.717) is 0 Å². The molecule has 1 saturated heterocycles. The molecular weight excluding hydrogens is 430 g/mol. The van der Waals surface area contributed by atoms with Gasteiger partial charge in [-0.05, 0) is 24.3 Å². The van der Waals surface area contributed by atoms with Crippen LogP contribution in [-0.4, -0.2) is 62.5 Å². The lowest BCUT2D eigenvalue weighted by molar-refractivity contribution is -0.0641. The number of esters is 2. The van der Waals surface area contributed by atoms with E-state index in [9.17, 15) is 19.5 Å². The second-order valence-electron chi connectivity index (χ2n) is 7.32. The molecule has 1 aliphatic rings. The number of carbonyl (C=O) groups is 3. The summed E-state index contributed by atoms with van der Waals surface area (Å²) in [4.78, 5) is 41.1. The summed E-state index contributed by atoms with van der Waals surface area (Å²) in [6, 6.07) is 16.5. The van der Waals surface area contributed by atoms with Crippen molar-refractivity contribution in [1.29, 1.82) is 0 Å². The van der Waals surface area contributed by atoms with Gasteiger partial charge >= 0.3 is 11.9 Å². The SMILES string of the molecule is CC(=O)c1ncn([C@@H]2O[C@H](CO)[C@@H](OC(=O)c3ccccc3)[C@H]2OC(=O)c2ccccc2)n1. The van der Waals surface area contributed by atoms with Crippen LogP contribution in [-0.2, 0) is 14.2 Å². The van der Waals surface area contributed by atoms with Crippen LogP contribution in [0.3, 0.4) is 0 Å². The van der Waals surface area contributed by atoms with E-state index in [2.05, 4.69) is 10.1 Å². The molecule has 2 aromatic carbocycles. The summed E-state index contributed by atoms with van der Waals surface area (Å²) in [5, 5.41) is 14.0. The predicted molar refractivity (Wildman–Crippen MR) is 112 cm³/mol. The molecule has 10 nitrogen and oxygen atoms in total. The third-order valence-corrected chi connectivity index (χ3v) is 5.05. The Morgan fingerprint density at radius 3 is 1.97 bits per heavy atom. The molecule has 0 bridgehead atoms. The summed E-state index contributed by atoms with van der Waals surface area (Å²) < 4.78 is 18.4. The summed E-state index contributed by atoms with van der Waals surface area (Å²) in [5.41, 5.74) is 0.560. The number of rotatable bonds is 7. The van der Waals surface area contributed by atoms with Crippen LogP contribution in [0.25, 0.3) is 0 Å². The van der Waals surface area contributed by atoms with Crippen molar-refractivity contribution in [1.82, 2.24) is 14.8 Å². The Bertz CT molecular complexity index is 1130. The van der Waals surface area contributed by atoms with Crippen LogP contribution < -0.4 is 0 Å². The number of Topliss-reactive ketones (excluding diaryl/α,β-unsaturated/α-hetero) is 1. The molecule has 0 radical (unpaired) electrons. The molecule has 10 heteroatoms. The van der Waals surface area contributed by atoms with Crippen molar-refractivity contribution in [3.05, 3.63) is 83.9 Å². The number of ketones is 1. The van der Waals surface area contributed by atoms with Crippen molar-refractivity contribution in [2.24, 2.45) is 0 Å². The molecule has 33 heavy (non-hydrogen) atoms. The zero-order valence-corrected chi connectivity index (χ0v) is 17.6. The van der Waals surface area contributed by atoms with Gasteiger partial charge in [0.25, 0.3) is 0 Å². The topological polar surface area (TPSA) is 130 Å². The maximum Gasteiger partial charge on any atom is 0.338 e. The van der Waals surface area contributed by atoms with Gasteiger partial charge in [-0.15, -0.1) is 5.10 Å². The Balaban J connectivity index is 1.65. The fourth-order valence-corrected chi connectivity index (χ4v) is 3.43. The number of ether oxygens (including phenoxy) is 3. The fourth-order valence-electron chi connectivity index (χ4n) is 3.43. The van der Waals surface area contributed by atoms with Crippen LogP contribution in [0, 0.1) is 0 Å². The highest BCUT2D eigenvalue weighted by Crippen LogP contribution is 2.34. The van der Waals surface area contributed by atoms with Crippen LogP contribution >= 0.6 is 0 Å². The van der Waals surface area contributed by atoms with E-state index in [1.165, 1.54) is 17.9 Å². The normalized spacial score (nSPS) is 22.0. The molecule has 0 unspecified atom stereocenters. The molecule has 4 atom stereocenters. The second kappa shape index (κ2) is 9.72. The van der Waals surface area contributed by atoms with E-state index in [0.717, 1.165) is 0 Å². The number of benzene rings is 2. The van der Waals surface area contributed by atoms with Gasteiger partial charge in [0.1, 0.15) is 12.4 Å². The van der Waals surface area contributed by atoms with Crippen molar-refractivity contribution < 1.29 is 33.7 Å². The first-order valence-electron chi connectivity index (χ1n) is 10.2. The lowest BCUT2D eigenvalue weighted by Crippen LogP contribution is -2.40. The zero-order chi connectivity index (χ0) is 23.4. The van der Waals surface area contributed by atoms with Crippen LogP contribution in [0.5, 0.6) is 0 Å². The predicted octanol–water partition coefficient (Wildman–Crippen LogP) is 1.82. The minimum Gasteiger partial charge on any atom is -0.452 e. The first-order valence-corrected chi connectivity index (χ1v) is 10.2. The van der Waals surface area contributed by atoms with Gasteiger partial charge in [-0.2, -0.15) is 0 Å². The third kappa shape index (κ3) is 4.81. The minimum absolute atomic E-state index is 0.0583. The van der Waals surface area contributed by atoms with Crippen LogP contribution in [0.15, 0.2) is 67.0 Å². The number of carbonyl (C=O) groups excluding carboxylic acids is 3. The van der Waals surface area contributed by atoms with Gasteiger partial charge in [-0.3, -0.25) is 4.79 Å². The molecule has 3 aromatic rings. The number of hydrogen-bond acceptors (Lipinski definition) is 9. The molecule has 0 saturated carbocycles. The van der Waals surface area contributed by atoms with E-state index in [4.69, 9.17) is 14.2 Å². The van der Waals surface area contributed by atoms with Gasteiger partial charge in [0.2, 0.25) is 5.82 Å². The summed E-state index contributed by atoms with van der Waals surface area (Å²) in [6.45, 7) is 0.792. The number of aliphatic hydroxyl groups is 1. The van der Waals surface area contributed by atoms with Gasteiger partial charge in [-0.25, -0.2) is 19.3 Å². The summed E-state index contributed by atoms with van der Waals surface area (Å²) in [7, 11) is 0. The Labute approximate surface area is 188 Å². The Hall–Kier alpha value is -3.89. The lowest BCUT2D eigenvalue weighted by Gasteiger charge is -2.24. The highest BCUT2D eigenvalue weighted by atomic mass is 16.6. The monoisotopic (exact) mass is 451 g/mol. The molecule has 0 amide bonds. The van der Waals surface area contributed by atoms with E-state index in [-0.39, 0.29) is 22.7 Å². The lowest BCUT2D eigenvalue weighted by atomic mass is 10.1. The van der Waals surface area contributed by atoms with E-state index >= 15 is 0 Å². The van der Waals surface area contributed by atoms with Gasteiger partial charge < -0.3 is 19.3 Å². The molecule has 4 rings (SSSR count). The van der Waals surface area contributed by atoms with Crippen molar-refractivity contribution in [3.8, 4) is 0 Å². The molecule has 1 fully saturated rings. The van der Waals surface area contributed by atoms with Crippen LogP contribution in [0.1, 0.15) is 44.5 Å². The number of hydrogen-bond donors (Lipinski definition) is 1. The molecular formula is C23H21N3O7. The Morgan fingerprint density at radius 2 is 1.48 bits per heavy atom. The molecule has 0 spiro atoms. The Morgan fingerprint density at radius 1 is 0.939 bits per heavy atom. The molecule has 170 valence electrons.